The van der Waals surface area contributed by atoms with Gasteiger partial charge in [0.15, 0.2) is 0 Å². The highest BCUT2D eigenvalue weighted by atomic mass is 15.1. The van der Waals surface area contributed by atoms with Gasteiger partial charge in [0, 0.05) is 50.1 Å². The minimum absolute atomic E-state index is 0.904. The first kappa shape index (κ1) is 27.6. The number of para-hydroxylation sites is 3. The van der Waals surface area contributed by atoms with Crippen molar-refractivity contribution in [2.24, 2.45) is 0 Å². The standard InChI is InChI=1S/C44H31N5/c1-27-11-7-13-30(25-27)48-38-20-10-15-31(43(38)47-44(48)35-17-9-16-33-32-14-3-4-18-36(32)46-42(33)35)29-22-23-34-39(26-29)49(40-21-5-6-24-45-40)37-19-8-12-28(2)41(34)37/h3-26,46H,1-2H3. The Morgan fingerprint density at radius 3 is 2.27 bits per heavy atom. The van der Waals surface area contributed by atoms with Gasteiger partial charge in [-0.2, -0.15) is 0 Å². The Kier molecular flexibility index (Phi) is 5.94. The molecule has 5 heteroatoms. The van der Waals surface area contributed by atoms with Gasteiger partial charge in [0.1, 0.15) is 11.6 Å². The molecule has 1 N–H and O–H groups in total. The highest BCUT2D eigenvalue weighted by Crippen LogP contribution is 2.40. The third-order valence-corrected chi connectivity index (χ3v) is 9.92. The molecule has 4 aromatic heterocycles. The van der Waals surface area contributed by atoms with Crippen LogP contribution >= 0.6 is 0 Å². The van der Waals surface area contributed by atoms with Crippen LogP contribution in [0.15, 0.2) is 146 Å². The van der Waals surface area contributed by atoms with Crippen molar-refractivity contribution in [1.29, 1.82) is 0 Å². The molecule has 0 unspecified atom stereocenters. The molecule has 0 bridgehead atoms. The van der Waals surface area contributed by atoms with E-state index in [-0.39, 0.29) is 0 Å². The molecule has 0 radical (unpaired) electrons. The minimum atomic E-state index is 0.904. The molecular formula is C44H31N5. The maximum atomic E-state index is 5.53. The Bertz CT molecular complexity index is 2900. The molecule has 5 nitrogen and oxygen atoms in total. The number of aromatic nitrogens is 5. The lowest BCUT2D eigenvalue weighted by molar-refractivity contribution is 1.08. The number of pyridine rings is 1. The zero-order valence-electron chi connectivity index (χ0n) is 27.1. The number of hydrogen-bond acceptors (Lipinski definition) is 2. The third kappa shape index (κ3) is 4.12. The lowest BCUT2D eigenvalue weighted by Gasteiger charge is -2.11. The van der Waals surface area contributed by atoms with Crippen LogP contribution in [0.5, 0.6) is 0 Å². The quantitative estimate of drug-likeness (QED) is 0.211. The van der Waals surface area contributed by atoms with Crippen LogP contribution in [-0.4, -0.2) is 24.1 Å². The number of hydrogen-bond donors (Lipinski definition) is 1. The summed E-state index contributed by atoms with van der Waals surface area (Å²) in [5.74, 6) is 1.81. The van der Waals surface area contributed by atoms with E-state index in [1.54, 1.807) is 0 Å². The van der Waals surface area contributed by atoms with Crippen LogP contribution in [0.4, 0.5) is 0 Å². The fraction of sp³-hybridized carbons (Fsp3) is 0.0455. The predicted octanol–water partition coefficient (Wildman–Crippen LogP) is 11.1. The molecule has 0 spiro atoms. The van der Waals surface area contributed by atoms with E-state index in [1.165, 1.54) is 32.7 Å². The van der Waals surface area contributed by atoms with E-state index in [0.29, 0.717) is 0 Å². The van der Waals surface area contributed by atoms with E-state index in [0.717, 1.165) is 67.1 Å². The predicted molar refractivity (Wildman–Crippen MR) is 203 cm³/mol. The van der Waals surface area contributed by atoms with Crippen LogP contribution in [0.3, 0.4) is 0 Å². The fourth-order valence-electron chi connectivity index (χ4n) is 7.75. The number of benzene rings is 6. The number of rotatable bonds is 4. The van der Waals surface area contributed by atoms with Crippen molar-refractivity contribution in [3.8, 4) is 34.0 Å². The Morgan fingerprint density at radius 1 is 0.571 bits per heavy atom. The number of fused-ring (bicyclic) bond motifs is 7. The summed E-state index contributed by atoms with van der Waals surface area (Å²) in [5.41, 5.74) is 13.3. The number of aryl methyl sites for hydroxylation is 2. The van der Waals surface area contributed by atoms with Crippen molar-refractivity contribution < 1.29 is 0 Å². The van der Waals surface area contributed by atoms with Crippen molar-refractivity contribution in [3.63, 3.8) is 0 Å². The fourth-order valence-corrected chi connectivity index (χ4v) is 7.75. The average Bonchev–Trinajstić information content (AvgIpc) is 3.82. The second-order valence-electron chi connectivity index (χ2n) is 12.9. The van der Waals surface area contributed by atoms with Crippen molar-refractivity contribution in [2.75, 3.05) is 0 Å². The highest BCUT2D eigenvalue weighted by molar-refractivity contribution is 6.13. The van der Waals surface area contributed by atoms with Crippen LogP contribution in [0.25, 0.3) is 88.7 Å². The van der Waals surface area contributed by atoms with E-state index < -0.39 is 0 Å². The van der Waals surface area contributed by atoms with Gasteiger partial charge in [-0.05, 0) is 85.1 Å². The van der Waals surface area contributed by atoms with Gasteiger partial charge in [0.25, 0.3) is 0 Å². The van der Waals surface area contributed by atoms with Gasteiger partial charge < -0.3 is 4.98 Å². The van der Waals surface area contributed by atoms with Crippen molar-refractivity contribution >= 4 is 54.6 Å². The van der Waals surface area contributed by atoms with Crippen LogP contribution in [0, 0.1) is 13.8 Å². The first-order valence-corrected chi connectivity index (χ1v) is 16.7. The molecule has 0 amide bonds. The van der Waals surface area contributed by atoms with Gasteiger partial charge >= 0.3 is 0 Å². The SMILES string of the molecule is Cc1cccc(-n2c(-c3cccc4c3[nH]c3ccccc34)nc3c(-c4ccc5c6c(C)cccc6n(-c6ccccn6)c5c4)cccc32)c1. The molecule has 0 saturated carbocycles. The summed E-state index contributed by atoms with van der Waals surface area (Å²) in [5, 5.41) is 4.88. The Labute approximate surface area is 282 Å². The van der Waals surface area contributed by atoms with E-state index >= 15 is 0 Å². The molecule has 49 heavy (non-hydrogen) atoms. The summed E-state index contributed by atoms with van der Waals surface area (Å²) in [7, 11) is 0. The van der Waals surface area contributed by atoms with Gasteiger partial charge in [-0.1, -0.05) is 84.9 Å². The minimum Gasteiger partial charge on any atom is -0.354 e. The molecular weight excluding hydrogens is 599 g/mol. The smallest absolute Gasteiger partial charge is 0.147 e. The van der Waals surface area contributed by atoms with E-state index in [2.05, 4.69) is 155 Å². The molecule has 6 aromatic carbocycles. The topological polar surface area (TPSA) is 51.4 Å². The summed E-state index contributed by atoms with van der Waals surface area (Å²) >= 11 is 0. The lowest BCUT2D eigenvalue weighted by Crippen LogP contribution is -1.98. The van der Waals surface area contributed by atoms with Gasteiger partial charge in [-0.15, -0.1) is 0 Å². The van der Waals surface area contributed by atoms with Crippen molar-refractivity contribution in [2.45, 2.75) is 13.8 Å². The van der Waals surface area contributed by atoms with Crippen LogP contribution < -0.4 is 0 Å². The first-order chi connectivity index (χ1) is 24.1. The van der Waals surface area contributed by atoms with E-state index in [9.17, 15) is 0 Å². The maximum Gasteiger partial charge on any atom is 0.147 e. The molecule has 0 aliphatic carbocycles. The summed E-state index contributed by atoms with van der Waals surface area (Å²) in [6.07, 6.45) is 1.86. The normalized spacial score (nSPS) is 11.9. The Hall–Kier alpha value is -6.46. The van der Waals surface area contributed by atoms with Crippen molar-refractivity contribution in [1.82, 2.24) is 24.1 Å². The molecule has 0 saturated heterocycles. The van der Waals surface area contributed by atoms with Gasteiger partial charge in [-0.25, -0.2) is 9.97 Å². The van der Waals surface area contributed by atoms with Gasteiger partial charge in [-0.3, -0.25) is 9.13 Å². The summed E-state index contributed by atoms with van der Waals surface area (Å²) < 4.78 is 4.60. The molecule has 0 atom stereocenters. The van der Waals surface area contributed by atoms with E-state index in [4.69, 9.17) is 9.97 Å². The number of aromatic amines is 1. The monoisotopic (exact) mass is 629 g/mol. The summed E-state index contributed by atoms with van der Waals surface area (Å²) in [6, 6.07) is 49.7. The van der Waals surface area contributed by atoms with E-state index in [1.807, 2.05) is 18.3 Å². The Morgan fingerprint density at radius 2 is 1.37 bits per heavy atom. The largest absolute Gasteiger partial charge is 0.354 e. The number of imidazole rings is 1. The second kappa shape index (κ2) is 10.5. The zero-order valence-corrected chi connectivity index (χ0v) is 27.1. The van der Waals surface area contributed by atoms with Crippen LogP contribution in [-0.2, 0) is 0 Å². The van der Waals surface area contributed by atoms with Crippen molar-refractivity contribution in [3.05, 3.63) is 157 Å². The highest BCUT2D eigenvalue weighted by Gasteiger charge is 2.22. The molecule has 0 fully saturated rings. The third-order valence-electron chi connectivity index (χ3n) is 9.92. The number of H-pyrrole nitrogens is 1. The van der Waals surface area contributed by atoms with Gasteiger partial charge in [0.05, 0.1) is 27.6 Å². The maximum absolute atomic E-state index is 5.53. The summed E-state index contributed by atoms with van der Waals surface area (Å²) in [6.45, 7) is 4.33. The average molecular weight is 630 g/mol. The molecule has 10 rings (SSSR count). The number of nitrogens with one attached hydrogen (secondary N) is 1. The molecule has 0 aliphatic rings. The van der Waals surface area contributed by atoms with Gasteiger partial charge in [0.2, 0.25) is 0 Å². The second-order valence-corrected chi connectivity index (χ2v) is 12.9. The molecule has 232 valence electrons. The van der Waals surface area contributed by atoms with Crippen LogP contribution in [0.1, 0.15) is 11.1 Å². The Balaban J connectivity index is 1.27. The zero-order chi connectivity index (χ0) is 32.6. The van der Waals surface area contributed by atoms with Crippen LogP contribution in [0.2, 0.25) is 0 Å². The number of nitrogens with zero attached hydrogens (tertiary/aromatic N) is 4. The molecule has 0 aliphatic heterocycles. The molecule has 10 aromatic rings. The first-order valence-electron chi connectivity index (χ1n) is 16.7. The summed E-state index contributed by atoms with van der Waals surface area (Å²) in [4.78, 5) is 14.0. The molecule has 4 heterocycles. The lowest BCUT2D eigenvalue weighted by atomic mass is 10.0.